The highest BCUT2D eigenvalue weighted by Crippen LogP contribution is 2.14. The van der Waals surface area contributed by atoms with Crippen LogP contribution in [0.4, 0.5) is 4.79 Å². The molecule has 1 rings (SSSR count). The van der Waals surface area contributed by atoms with Gasteiger partial charge in [0.15, 0.2) is 0 Å². The molecule has 3 amide bonds. The number of alkyl carbamates (subject to hydrolysis) is 1. The minimum atomic E-state index is -1.21. The third kappa shape index (κ3) is 12.4. The SMILES string of the molecule is COC(=O)[C@H](Cc1ccccc1)NC(=O)[C@@H](NC(=O)C[C@H](O)C(CC(C)C)NC(=O)OC(C)(C)C)C(C)C. The summed E-state index contributed by atoms with van der Waals surface area (Å²) in [5, 5.41) is 18.8. The number of carbonyl (C=O) groups excluding carboxylic acids is 4. The highest BCUT2D eigenvalue weighted by Gasteiger charge is 2.32. The van der Waals surface area contributed by atoms with Gasteiger partial charge in [0.05, 0.1) is 25.7 Å². The van der Waals surface area contributed by atoms with Gasteiger partial charge in [-0.15, -0.1) is 0 Å². The molecule has 0 spiro atoms. The summed E-state index contributed by atoms with van der Waals surface area (Å²) < 4.78 is 10.1. The molecule has 0 aliphatic heterocycles. The van der Waals surface area contributed by atoms with Gasteiger partial charge in [0.1, 0.15) is 17.7 Å². The molecule has 0 fully saturated rings. The Morgan fingerprint density at radius 2 is 1.55 bits per heavy atom. The normalized spacial score (nSPS) is 14.7. The Kier molecular flexibility index (Phi) is 13.3. The van der Waals surface area contributed by atoms with Crippen LogP contribution in [-0.2, 0) is 30.3 Å². The second-order valence-electron chi connectivity index (χ2n) is 11.2. The van der Waals surface area contributed by atoms with Crippen molar-refractivity contribution >= 4 is 23.9 Å². The van der Waals surface area contributed by atoms with Crippen molar-refractivity contribution in [1.82, 2.24) is 16.0 Å². The van der Waals surface area contributed by atoms with Crippen LogP contribution in [0.3, 0.4) is 0 Å². The van der Waals surface area contributed by atoms with Gasteiger partial charge in [-0.05, 0) is 44.6 Å². The van der Waals surface area contributed by atoms with E-state index in [2.05, 4.69) is 16.0 Å². The third-order valence-electron chi connectivity index (χ3n) is 5.64. The quantitative estimate of drug-likeness (QED) is 0.284. The lowest BCUT2D eigenvalue weighted by Crippen LogP contribution is -2.55. The maximum atomic E-state index is 13.1. The fraction of sp³-hybridized carbons (Fsp3) is 0.643. The third-order valence-corrected chi connectivity index (χ3v) is 5.64. The van der Waals surface area contributed by atoms with Crippen molar-refractivity contribution < 1.29 is 33.8 Å². The molecular weight excluding hydrogens is 490 g/mol. The molecule has 0 radical (unpaired) electrons. The molecular formula is C28H45N3O7. The van der Waals surface area contributed by atoms with Gasteiger partial charge in [0.25, 0.3) is 0 Å². The van der Waals surface area contributed by atoms with E-state index in [1.807, 2.05) is 44.2 Å². The van der Waals surface area contributed by atoms with Crippen LogP contribution in [0.2, 0.25) is 0 Å². The first-order valence-electron chi connectivity index (χ1n) is 13.0. The summed E-state index contributed by atoms with van der Waals surface area (Å²) in [5.41, 5.74) is 0.125. The number of nitrogens with one attached hydrogen (secondary N) is 3. The molecule has 4 N–H and O–H groups in total. The first-order chi connectivity index (χ1) is 17.6. The Labute approximate surface area is 226 Å². The van der Waals surface area contributed by atoms with Crippen LogP contribution in [-0.4, -0.2) is 65.9 Å². The predicted octanol–water partition coefficient (Wildman–Crippen LogP) is 2.72. The van der Waals surface area contributed by atoms with Crippen LogP contribution in [0.1, 0.15) is 66.9 Å². The number of amides is 3. The van der Waals surface area contributed by atoms with Crippen LogP contribution in [0.5, 0.6) is 0 Å². The Bertz CT molecular complexity index is 913. The van der Waals surface area contributed by atoms with E-state index >= 15 is 0 Å². The monoisotopic (exact) mass is 535 g/mol. The molecule has 0 aliphatic rings. The van der Waals surface area contributed by atoms with E-state index in [-0.39, 0.29) is 24.7 Å². The zero-order valence-electron chi connectivity index (χ0n) is 23.9. The fourth-order valence-corrected chi connectivity index (χ4v) is 3.83. The lowest BCUT2D eigenvalue weighted by atomic mass is 9.96. The predicted molar refractivity (Wildman–Crippen MR) is 144 cm³/mol. The fourth-order valence-electron chi connectivity index (χ4n) is 3.83. The van der Waals surface area contributed by atoms with Gasteiger partial charge in [-0.2, -0.15) is 0 Å². The van der Waals surface area contributed by atoms with Gasteiger partial charge in [0.2, 0.25) is 11.8 Å². The Balaban J connectivity index is 2.89. The van der Waals surface area contributed by atoms with Gasteiger partial charge < -0.3 is 30.5 Å². The molecule has 38 heavy (non-hydrogen) atoms. The second kappa shape index (κ2) is 15.3. The number of aliphatic hydroxyl groups excluding tert-OH is 1. The Hall–Kier alpha value is -3.14. The van der Waals surface area contributed by atoms with Crippen LogP contribution in [0.25, 0.3) is 0 Å². The molecule has 214 valence electrons. The van der Waals surface area contributed by atoms with Gasteiger partial charge in [0, 0.05) is 6.42 Å². The first-order valence-corrected chi connectivity index (χ1v) is 13.0. The Morgan fingerprint density at radius 1 is 0.947 bits per heavy atom. The summed E-state index contributed by atoms with van der Waals surface area (Å²) >= 11 is 0. The van der Waals surface area contributed by atoms with Gasteiger partial charge >= 0.3 is 12.1 Å². The van der Waals surface area contributed by atoms with Gasteiger partial charge in [-0.25, -0.2) is 9.59 Å². The van der Waals surface area contributed by atoms with Gasteiger partial charge in [-0.3, -0.25) is 9.59 Å². The minimum Gasteiger partial charge on any atom is -0.467 e. The maximum absolute atomic E-state index is 13.1. The van der Waals surface area contributed by atoms with Crippen molar-refractivity contribution in [2.45, 2.75) is 97.6 Å². The largest absolute Gasteiger partial charge is 0.467 e. The lowest BCUT2D eigenvalue weighted by Gasteiger charge is -2.28. The molecule has 10 nitrogen and oxygen atoms in total. The number of benzene rings is 1. The number of hydrogen-bond donors (Lipinski definition) is 4. The number of esters is 1. The van der Waals surface area contributed by atoms with Crippen molar-refractivity contribution in [2.75, 3.05) is 7.11 Å². The number of ether oxygens (including phenoxy) is 2. The van der Waals surface area contributed by atoms with Crippen molar-refractivity contribution in [3.05, 3.63) is 35.9 Å². The van der Waals surface area contributed by atoms with Crippen LogP contribution in [0.15, 0.2) is 30.3 Å². The molecule has 0 aromatic heterocycles. The maximum Gasteiger partial charge on any atom is 0.407 e. The van der Waals surface area contributed by atoms with E-state index in [0.29, 0.717) is 6.42 Å². The average molecular weight is 536 g/mol. The molecule has 10 heteroatoms. The molecule has 1 aromatic rings. The molecule has 1 aromatic carbocycles. The molecule has 0 saturated carbocycles. The average Bonchev–Trinajstić information content (AvgIpc) is 2.80. The zero-order chi connectivity index (χ0) is 29.0. The summed E-state index contributed by atoms with van der Waals surface area (Å²) in [4.78, 5) is 50.6. The number of hydrogen-bond acceptors (Lipinski definition) is 7. The Morgan fingerprint density at radius 3 is 2.05 bits per heavy atom. The van der Waals surface area contributed by atoms with E-state index in [1.54, 1.807) is 34.6 Å². The van der Waals surface area contributed by atoms with Gasteiger partial charge in [-0.1, -0.05) is 58.0 Å². The van der Waals surface area contributed by atoms with Crippen molar-refractivity contribution in [1.29, 1.82) is 0 Å². The molecule has 0 aliphatic carbocycles. The smallest absolute Gasteiger partial charge is 0.407 e. The molecule has 0 saturated heterocycles. The highest BCUT2D eigenvalue weighted by atomic mass is 16.6. The number of rotatable bonds is 13. The molecule has 4 atom stereocenters. The highest BCUT2D eigenvalue weighted by molar-refractivity contribution is 5.91. The topological polar surface area (TPSA) is 143 Å². The zero-order valence-corrected chi connectivity index (χ0v) is 23.9. The second-order valence-corrected chi connectivity index (χ2v) is 11.2. The minimum absolute atomic E-state index is 0.127. The number of carbonyl (C=O) groups is 4. The number of methoxy groups -OCH3 is 1. The molecule has 1 unspecified atom stereocenters. The summed E-state index contributed by atoms with van der Waals surface area (Å²) in [6, 6.07) is 6.57. The standard InChI is InChI=1S/C28H45N3O7/c1-17(2)14-20(30-27(36)38-28(5,6)7)22(32)16-23(33)31-24(18(3)4)25(34)29-21(26(35)37-8)15-19-12-10-9-11-13-19/h9-13,17-18,20-22,24,32H,14-16H2,1-8H3,(H,29,34)(H,30,36)(H,31,33)/t20?,21-,22-,24-/m0/s1. The summed E-state index contributed by atoms with van der Waals surface area (Å²) in [7, 11) is 1.24. The lowest BCUT2D eigenvalue weighted by molar-refractivity contribution is -0.145. The number of aliphatic hydroxyl groups is 1. The summed E-state index contributed by atoms with van der Waals surface area (Å²) in [5.74, 6) is -1.89. The van der Waals surface area contributed by atoms with E-state index in [4.69, 9.17) is 9.47 Å². The summed E-state index contributed by atoms with van der Waals surface area (Å²) in [6.07, 6.45) is -1.59. The van der Waals surface area contributed by atoms with Crippen LogP contribution >= 0.6 is 0 Å². The summed E-state index contributed by atoms with van der Waals surface area (Å²) in [6.45, 7) is 12.6. The van der Waals surface area contributed by atoms with Crippen molar-refractivity contribution in [3.63, 3.8) is 0 Å². The van der Waals surface area contributed by atoms with Crippen LogP contribution < -0.4 is 16.0 Å². The van der Waals surface area contributed by atoms with Crippen molar-refractivity contribution in [3.8, 4) is 0 Å². The molecule has 0 bridgehead atoms. The first kappa shape index (κ1) is 32.9. The van der Waals surface area contributed by atoms with Crippen LogP contribution in [0, 0.1) is 11.8 Å². The van der Waals surface area contributed by atoms with Crippen molar-refractivity contribution in [2.24, 2.45) is 11.8 Å². The van der Waals surface area contributed by atoms with E-state index in [9.17, 15) is 24.3 Å². The molecule has 0 heterocycles. The van der Waals surface area contributed by atoms with E-state index in [1.165, 1.54) is 7.11 Å². The van der Waals surface area contributed by atoms with E-state index < -0.39 is 53.7 Å². The van der Waals surface area contributed by atoms with E-state index in [0.717, 1.165) is 5.56 Å².